The molecule has 2 aliphatic heterocycles. The third-order valence-electron chi connectivity index (χ3n) is 4.35. The second kappa shape index (κ2) is 8.94. The molecule has 0 bridgehead atoms. The van der Waals surface area contributed by atoms with Crippen LogP contribution in [-0.2, 0) is 11.2 Å². The van der Waals surface area contributed by atoms with Crippen LogP contribution in [0.3, 0.4) is 0 Å². The van der Waals surface area contributed by atoms with Crippen LogP contribution in [0, 0.1) is 0 Å². The average molecular weight is 416 g/mol. The number of hydrogen-bond acceptors (Lipinski definition) is 5. The molecule has 1 amide bonds. The predicted octanol–water partition coefficient (Wildman–Crippen LogP) is 2.45. The second-order valence-electron chi connectivity index (χ2n) is 5.89. The zero-order chi connectivity index (χ0) is 17.2. The molecule has 3 heterocycles. The number of thiophene rings is 1. The number of halogens is 4. The van der Waals surface area contributed by atoms with Gasteiger partial charge in [-0.3, -0.25) is 9.69 Å². The number of hydrogen-bond donors (Lipinski definition) is 2. The van der Waals surface area contributed by atoms with Gasteiger partial charge in [-0.05, 0) is 29.2 Å². The maximum absolute atomic E-state index is 13.4. The molecule has 1 aromatic rings. The number of carbonyl (C=O) groups is 1. The molecule has 2 atom stereocenters. The summed E-state index contributed by atoms with van der Waals surface area (Å²) in [5.74, 6) is 0.510. The average Bonchev–Trinajstić information content (AvgIpc) is 3.03. The van der Waals surface area contributed by atoms with Crippen LogP contribution in [0.25, 0.3) is 0 Å². The van der Waals surface area contributed by atoms with Crippen LogP contribution >= 0.6 is 35.5 Å². The molecule has 142 valence electrons. The van der Waals surface area contributed by atoms with Crippen LogP contribution < -0.4 is 10.6 Å². The summed E-state index contributed by atoms with van der Waals surface area (Å²) < 4.78 is 40.1. The highest BCUT2D eigenvalue weighted by atomic mass is 35.5. The number of carbonyl (C=O) groups excluding carboxylic acids is 1. The van der Waals surface area contributed by atoms with Crippen LogP contribution in [0.15, 0.2) is 11.4 Å². The normalized spacial score (nSPS) is 22.6. The Balaban J connectivity index is 0.00000225. The van der Waals surface area contributed by atoms with E-state index in [2.05, 4.69) is 10.6 Å². The van der Waals surface area contributed by atoms with E-state index in [9.17, 15) is 18.0 Å². The summed E-state index contributed by atoms with van der Waals surface area (Å²) in [5, 5.41) is 7.15. The number of fused-ring (bicyclic) bond motifs is 1. The molecule has 3 rings (SSSR count). The van der Waals surface area contributed by atoms with Crippen molar-refractivity contribution in [1.82, 2.24) is 15.5 Å². The number of alkyl halides is 3. The number of nitrogens with one attached hydrogen (secondary N) is 2. The topological polar surface area (TPSA) is 44.4 Å². The van der Waals surface area contributed by atoms with Gasteiger partial charge >= 0.3 is 6.18 Å². The number of aryl methyl sites for hydroxylation is 1. The van der Waals surface area contributed by atoms with Gasteiger partial charge in [-0.25, -0.2) is 0 Å². The third kappa shape index (κ3) is 5.03. The first-order chi connectivity index (χ1) is 11.5. The Hall–Kier alpha value is -0.480. The maximum Gasteiger partial charge on any atom is 0.405 e. The quantitative estimate of drug-likeness (QED) is 0.793. The molecule has 1 saturated heterocycles. The van der Waals surface area contributed by atoms with Gasteiger partial charge in [-0.15, -0.1) is 35.5 Å². The van der Waals surface area contributed by atoms with E-state index in [-0.39, 0.29) is 18.3 Å². The summed E-state index contributed by atoms with van der Waals surface area (Å²) in [4.78, 5) is 15.0. The fourth-order valence-electron chi connectivity index (χ4n) is 3.10. The number of amides is 1. The lowest BCUT2D eigenvalue weighted by Crippen LogP contribution is -2.57. The van der Waals surface area contributed by atoms with Crippen LogP contribution in [0.5, 0.6) is 0 Å². The van der Waals surface area contributed by atoms with Gasteiger partial charge < -0.3 is 10.6 Å². The van der Waals surface area contributed by atoms with E-state index < -0.39 is 24.0 Å². The monoisotopic (exact) mass is 415 g/mol. The van der Waals surface area contributed by atoms with Crippen molar-refractivity contribution in [3.8, 4) is 0 Å². The SMILES string of the molecule is Cl.O=C(NCC(N1CCNCC1)C(F)(F)F)C1SCCc2sccc21. The molecular weight excluding hydrogens is 395 g/mol. The van der Waals surface area contributed by atoms with Crippen molar-refractivity contribution >= 4 is 41.4 Å². The molecule has 4 nitrogen and oxygen atoms in total. The largest absolute Gasteiger partial charge is 0.405 e. The highest BCUT2D eigenvalue weighted by Gasteiger charge is 2.44. The van der Waals surface area contributed by atoms with E-state index in [1.165, 1.54) is 21.5 Å². The maximum atomic E-state index is 13.4. The molecule has 0 spiro atoms. The molecule has 10 heteroatoms. The number of nitrogens with zero attached hydrogens (tertiary/aromatic N) is 1. The smallest absolute Gasteiger partial charge is 0.353 e. The Morgan fingerprint density at radius 2 is 2.12 bits per heavy atom. The molecule has 0 saturated carbocycles. The van der Waals surface area contributed by atoms with E-state index in [0.717, 1.165) is 17.7 Å². The van der Waals surface area contributed by atoms with E-state index >= 15 is 0 Å². The van der Waals surface area contributed by atoms with Crippen LogP contribution in [0.4, 0.5) is 13.2 Å². The lowest BCUT2D eigenvalue weighted by molar-refractivity contribution is -0.184. The van der Waals surface area contributed by atoms with Crippen molar-refractivity contribution in [3.05, 3.63) is 21.9 Å². The Bertz CT molecular complexity index is 579. The number of rotatable bonds is 4. The van der Waals surface area contributed by atoms with E-state index in [4.69, 9.17) is 0 Å². The molecule has 2 N–H and O–H groups in total. The lowest BCUT2D eigenvalue weighted by Gasteiger charge is -2.36. The minimum atomic E-state index is -4.35. The fraction of sp³-hybridized carbons (Fsp3) is 0.667. The zero-order valence-corrected chi connectivity index (χ0v) is 15.9. The van der Waals surface area contributed by atoms with Crippen LogP contribution in [-0.4, -0.2) is 61.5 Å². The summed E-state index contributed by atoms with van der Waals surface area (Å²) in [6, 6.07) is 0.285. The zero-order valence-electron chi connectivity index (χ0n) is 13.5. The molecule has 0 radical (unpaired) electrons. The summed E-state index contributed by atoms with van der Waals surface area (Å²) in [5.41, 5.74) is 0.958. The fourth-order valence-corrected chi connectivity index (χ4v) is 5.42. The van der Waals surface area contributed by atoms with Crippen molar-refractivity contribution in [1.29, 1.82) is 0 Å². The highest BCUT2D eigenvalue weighted by Crippen LogP contribution is 2.39. The molecule has 25 heavy (non-hydrogen) atoms. The van der Waals surface area contributed by atoms with Gasteiger partial charge in [0.15, 0.2) is 0 Å². The first-order valence-electron chi connectivity index (χ1n) is 7.94. The minimum Gasteiger partial charge on any atom is -0.353 e. The van der Waals surface area contributed by atoms with E-state index in [1.807, 2.05) is 11.4 Å². The Morgan fingerprint density at radius 1 is 1.40 bits per heavy atom. The van der Waals surface area contributed by atoms with Gasteiger partial charge in [0, 0.05) is 37.6 Å². The number of thioether (sulfide) groups is 1. The first-order valence-corrected chi connectivity index (χ1v) is 9.86. The van der Waals surface area contributed by atoms with Crippen LogP contribution in [0.2, 0.25) is 0 Å². The Morgan fingerprint density at radius 3 is 2.80 bits per heavy atom. The van der Waals surface area contributed by atoms with Gasteiger partial charge in [0.2, 0.25) is 5.91 Å². The lowest BCUT2D eigenvalue weighted by atomic mass is 10.1. The van der Waals surface area contributed by atoms with Crippen molar-refractivity contribution in [2.75, 3.05) is 38.5 Å². The predicted molar refractivity (Wildman–Crippen MR) is 97.8 cm³/mol. The van der Waals surface area contributed by atoms with E-state index in [0.29, 0.717) is 26.2 Å². The summed E-state index contributed by atoms with van der Waals surface area (Å²) >= 11 is 3.11. The molecular formula is C15H21ClF3N3OS2. The number of piperazine rings is 1. The highest BCUT2D eigenvalue weighted by molar-refractivity contribution is 8.00. The summed E-state index contributed by atoms with van der Waals surface area (Å²) in [7, 11) is 0. The minimum absolute atomic E-state index is 0. The molecule has 2 aliphatic rings. The summed E-state index contributed by atoms with van der Waals surface area (Å²) in [6.45, 7) is 1.37. The van der Waals surface area contributed by atoms with Gasteiger partial charge in [0.05, 0.1) is 0 Å². The van der Waals surface area contributed by atoms with Gasteiger partial charge in [-0.1, -0.05) is 0 Å². The van der Waals surface area contributed by atoms with Crippen molar-refractivity contribution in [2.24, 2.45) is 0 Å². The van der Waals surface area contributed by atoms with Crippen molar-refractivity contribution in [2.45, 2.75) is 23.9 Å². The van der Waals surface area contributed by atoms with Gasteiger partial charge in [-0.2, -0.15) is 13.2 Å². The van der Waals surface area contributed by atoms with E-state index in [1.54, 1.807) is 11.3 Å². The molecule has 1 aromatic heterocycles. The molecule has 1 fully saturated rings. The standard InChI is InChI=1S/C15H20F3N3OS2.ClH/c16-15(17,18)12(21-5-3-19-4-6-21)9-20-14(22)13-10-1-7-23-11(10)2-8-24-13;/h1,7,12-13,19H,2-6,8-9H2,(H,20,22);1H. The second-order valence-corrected chi connectivity index (χ2v) is 8.10. The Labute approximate surface area is 159 Å². The summed E-state index contributed by atoms with van der Waals surface area (Å²) in [6.07, 6.45) is -3.43. The van der Waals surface area contributed by atoms with Crippen molar-refractivity contribution < 1.29 is 18.0 Å². The molecule has 2 unspecified atom stereocenters. The molecule has 0 aliphatic carbocycles. The molecule has 0 aromatic carbocycles. The van der Waals surface area contributed by atoms with Crippen molar-refractivity contribution in [3.63, 3.8) is 0 Å². The third-order valence-corrected chi connectivity index (χ3v) is 6.59. The van der Waals surface area contributed by atoms with Gasteiger partial charge in [0.1, 0.15) is 11.3 Å². The first kappa shape index (κ1) is 20.8. The van der Waals surface area contributed by atoms with Crippen LogP contribution in [0.1, 0.15) is 15.7 Å². The van der Waals surface area contributed by atoms with Gasteiger partial charge in [0.25, 0.3) is 0 Å². The Kier molecular flexibility index (Phi) is 7.45.